The van der Waals surface area contributed by atoms with Crippen molar-refractivity contribution in [2.24, 2.45) is 0 Å². The van der Waals surface area contributed by atoms with Crippen LogP contribution in [-0.2, 0) is 24.3 Å². The Labute approximate surface area is 154 Å². The second-order valence-corrected chi connectivity index (χ2v) is 5.85. The average Bonchev–Trinajstić information content (AvgIpc) is 3.12. The van der Waals surface area contributed by atoms with Gasteiger partial charge in [-0.15, -0.1) is 5.10 Å². The number of carbonyl (C=O) groups excluding carboxylic acids is 1. The molecule has 0 fully saturated rings. The molecule has 0 bridgehead atoms. The Morgan fingerprint density at radius 3 is 2.56 bits per heavy atom. The van der Waals surface area contributed by atoms with E-state index in [1.54, 1.807) is 0 Å². The molecular weight excluding hydrogens is 354 g/mol. The SMILES string of the molecule is O=C(NCCc1ccccc1)OCc1cn(Cc2c(F)cccc2F)nn1. The average molecular weight is 372 g/mol. The molecule has 1 aromatic heterocycles. The maximum absolute atomic E-state index is 13.7. The highest BCUT2D eigenvalue weighted by Gasteiger charge is 2.11. The molecule has 1 amide bonds. The van der Waals surface area contributed by atoms with Crippen LogP contribution >= 0.6 is 0 Å². The summed E-state index contributed by atoms with van der Waals surface area (Å²) in [5.41, 5.74) is 1.39. The van der Waals surface area contributed by atoms with Crippen molar-refractivity contribution in [3.8, 4) is 0 Å². The van der Waals surface area contributed by atoms with Crippen molar-refractivity contribution in [3.05, 3.63) is 83.2 Å². The Balaban J connectivity index is 1.44. The molecular formula is C19H18F2N4O2. The van der Waals surface area contributed by atoms with Crippen LogP contribution in [0.3, 0.4) is 0 Å². The first-order valence-corrected chi connectivity index (χ1v) is 8.38. The van der Waals surface area contributed by atoms with Crippen molar-refractivity contribution in [2.45, 2.75) is 19.6 Å². The minimum absolute atomic E-state index is 0.0864. The number of rotatable bonds is 7. The molecule has 0 saturated carbocycles. The smallest absolute Gasteiger partial charge is 0.407 e. The number of hydrogen-bond donors (Lipinski definition) is 1. The first kappa shape index (κ1) is 18.5. The van der Waals surface area contributed by atoms with Gasteiger partial charge >= 0.3 is 6.09 Å². The number of ether oxygens (including phenoxy) is 1. The van der Waals surface area contributed by atoms with Gasteiger partial charge in [-0.25, -0.2) is 18.3 Å². The van der Waals surface area contributed by atoms with Crippen molar-refractivity contribution < 1.29 is 18.3 Å². The second kappa shape index (κ2) is 8.88. The molecule has 0 radical (unpaired) electrons. The monoisotopic (exact) mass is 372 g/mol. The summed E-state index contributed by atoms with van der Waals surface area (Å²) in [6.07, 6.45) is 1.60. The van der Waals surface area contributed by atoms with E-state index >= 15 is 0 Å². The van der Waals surface area contributed by atoms with Gasteiger partial charge in [-0.1, -0.05) is 41.6 Å². The molecule has 2 aromatic carbocycles. The zero-order valence-electron chi connectivity index (χ0n) is 14.4. The molecule has 3 aromatic rings. The van der Waals surface area contributed by atoms with Gasteiger partial charge in [0.05, 0.1) is 12.7 Å². The molecule has 6 nitrogen and oxygen atoms in total. The third-order valence-electron chi connectivity index (χ3n) is 3.84. The summed E-state index contributed by atoms with van der Waals surface area (Å²) in [6.45, 7) is 0.258. The zero-order valence-corrected chi connectivity index (χ0v) is 14.4. The fourth-order valence-electron chi connectivity index (χ4n) is 2.47. The van der Waals surface area contributed by atoms with E-state index in [4.69, 9.17) is 4.74 Å². The summed E-state index contributed by atoms with van der Waals surface area (Å²) in [5, 5.41) is 10.3. The van der Waals surface area contributed by atoms with Crippen molar-refractivity contribution in [1.82, 2.24) is 20.3 Å². The molecule has 8 heteroatoms. The van der Waals surface area contributed by atoms with Gasteiger partial charge in [-0.3, -0.25) is 0 Å². The Bertz CT molecular complexity index is 879. The molecule has 3 rings (SSSR count). The molecule has 0 aliphatic rings. The van der Waals surface area contributed by atoms with E-state index in [1.165, 1.54) is 29.1 Å². The number of alkyl carbamates (subject to hydrolysis) is 1. The van der Waals surface area contributed by atoms with Crippen molar-refractivity contribution in [2.75, 3.05) is 6.54 Å². The molecule has 0 saturated heterocycles. The molecule has 0 unspecified atom stereocenters. The lowest BCUT2D eigenvalue weighted by Crippen LogP contribution is -2.26. The highest BCUT2D eigenvalue weighted by molar-refractivity contribution is 5.67. The minimum atomic E-state index is -0.652. The topological polar surface area (TPSA) is 69.0 Å². The summed E-state index contributed by atoms with van der Waals surface area (Å²) < 4.78 is 33.7. The lowest BCUT2D eigenvalue weighted by Gasteiger charge is -2.06. The van der Waals surface area contributed by atoms with Crippen LogP contribution in [0.25, 0.3) is 0 Å². The standard InChI is InChI=1S/C19H18F2N4O2/c20-17-7-4-8-18(21)16(17)12-25-11-15(23-24-25)13-27-19(26)22-10-9-14-5-2-1-3-6-14/h1-8,11H,9-10,12-13H2,(H,22,26). The van der Waals surface area contributed by atoms with Gasteiger partial charge in [0, 0.05) is 12.1 Å². The van der Waals surface area contributed by atoms with Crippen molar-refractivity contribution in [3.63, 3.8) is 0 Å². The number of amides is 1. The number of halogens is 2. The van der Waals surface area contributed by atoms with Gasteiger partial charge in [0.15, 0.2) is 0 Å². The number of benzene rings is 2. The normalized spacial score (nSPS) is 10.6. The first-order valence-electron chi connectivity index (χ1n) is 8.38. The number of nitrogens with one attached hydrogen (secondary N) is 1. The van der Waals surface area contributed by atoms with Crippen LogP contribution in [0.1, 0.15) is 16.8 Å². The summed E-state index contributed by atoms with van der Waals surface area (Å²) in [6, 6.07) is 13.4. The van der Waals surface area contributed by atoms with E-state index in [0.717, 1.165) is 5.56 Å². The second-order valence-electron chi connectivity index (χ2n) is 5.85. The molecule has 27 heavy (non-hydrogen) atoms. The summed E-state index contributed by atoms with van der Waals surface area (Å²) in [4.78, 5) is 11.7. The maximum Gasteiger partial charge on any atom is 0.407 e. The molecule has 0 spiro atoms. The fourth-order valence-corrected chi connectivity index (χ4v) is 2.47. The predicted octanol–water partition coefficient (Wildman–Crippen LogP) is 3.07. The van der Waals surface area contributed by atoms with Gasteiger partial charge in [-0.05, 0) is 24.1 Å². The molecule has 0 atom stereocenters. The van der Waals surface area contributed by atoms with E-state index < -0.39 is 17.7 Å². The van der Waals surface area contributed by atoms with Crippen LogP contribution in [0.5, 0.6) is 0 Å². The van der Waals surface area contributed by atoms with Crippen molar-refractivity contribution in [1.29, 1.82) is 0 Å². The number of aromatic nitrogens is 3. The highest BCUT2D eigenvalue weighted by atomic mass is 19.1. The maximum atomic E-state index is 13.7. The molecule has 1 N–H and O–H groups in total. The number of hydrogen-bond acceptors (Lipinski definition) is 4. The zero-order chi connectivity index (χ0) is 19.1. The molecule has 0 aliphatic carbocycles. The van der Waals surface area contributed by atoms with Gasteiger partial charge in [0.25, 0.3) is 0 Å². The van der Waals surface area contributed by atoms with Crippen molar-refractivity contribution >= 4 is 6.09 Å². The quantitative estimate of drug-likeness (QED) is 0.692. The minimum Gasteiger partial charge on any atom is -0.443 e. The van der Waals surface area contributed by atoms with Gasteiger partial charge in [0.1, 0.15) is 23.9 Å². The van der Waals surface area contributed by atoms with E-state index in [1.807, 2.05) is 30.3 Å². The highest BCUT2D eigenvalue weighted by Crippen LogP contribution is 2.13. The van der Waals surface area contributed by atoms with Crippen LogP contribution in [0.2, 0.25) is 0 Å². The van der Waals surface area contributed by atoms with Crippen LogP contribution in [0, 0.1) is 11.6 Å². The van der Waals surface area contributed by atoms with E-state index in [2.05, 4.69) is 15.6 Å². The summed E-state index contributed by atoms with van der Waals surface area (Å²) in [5.74, 6) is -1.30. The van der Waals surface area contributed by atoms with Crippen LogP contribution in [-0.4, -0.2) is 27.6 Å². The van der Waals surface area contributed by atoms with Gasteiger partial charge in [0.2, 0.25) is 0 Å². The Morgan fingerprint density at radius 2 is 1.81 bits per heavy atom. The Hall–Kier alpha value is -3.29. The van der Waals surface area contributed by atoms with Gasteiger partial charge in [-0.2, -0.15) is 0 Å². The lowest BCUT2D eigenvalue weighted by molar-refractivity contribution is 0.138. The van der Waals surface area contributed by atoms with E-state index in [-0.39, 0.29) is 18.7 Å². The number of nitrogens with zero attached hydrogens (tertiary/aromatic N) is 3. The molecule has 1 heterocycles. The fraction of sp³-hybridized carbons (Fsp3) is 0.211. The third-order valence-corrected chi connectivity index (χ3v) is 3.84. The van der Waals surface area contributed by atoms with Gasteiger partial charge < -0.3 is 10.1 Å². The molecule has 0 aliphatic heterocycles. The van der Waals surface area contributed by atoms with E-state index in [0.29, 0.717) is 18.7 Å². The molecule has 140 valence electrons. The van der Waals surface area contributed by atoms with Crippen LogP contribution in [0.15, 0.2) is 54.7 Å². The largest absolute Gasteiger partial charge is 0.443 e. The summed E-state index contributed by atoms with van der Waals surface area (Å²) >= 11 is 0. The van der Waals surface area contributed by atoms with E-state index in [9.17, 15) is 13.6 Å². The first-order chi connectivity index (χ1) is 13.1. The van der Waals surface area contributed by atoms with Crippen LogP contribution < -0.4 is 5.32 Å². The third kappa shape index (κ3) is 5.34. The van der Waals surface area contributed by atoms with Crippen LogP contribution in [0.4, 0.5) is 13.6 Å². The predicted molar refractivity (Wildman–Crippen MR) is 93.8 cm³/mol. The Kier molecular flexibility index (Phi) is 6.09. The Morgan fingerprint density at radius 1 is 1.07 bits per heavy atom. The number of carbonyl (C=O) groups is 1. The lowest BCUT2D eigenvalue weighted by atomic mass is 10.1. The summed E-state index contributed by atoms with van der Waals surface area (Å²) in [7, 11) is 0.